The molecule has 3 amide bonds. The number of rotatable bonds is 7. The lowest BCUT2D eigenvalue weighted by molar-refractivity contribution is -0.121. The number of benzene rings is 1. The van der Waals surface area contributed by atoms with Gasteiger partial charge in [-0.1, -0.05) is 18.2 Å². The van der Waals surface area contributed by atoms with E-state index in [1.165, 1.54) is 11.3 Å². The number of amides is 3. The summed E-state index contributed by atoms with van der Waals surface area (Å²) in [5, 5.41) is 7.32. The first-order valence-corrected chi connectivity index (χ1v) is 7.95. The number of methoxy groups -OCH3 is 1. The van der Waals surface area contributed by atoms with Crippen molar-refractivity contribution in [3.63, 3.8) is 0 Å². The summed E-state index contributed by atoms with van der Waals surface area (Å²) in [5.41, 5.74) is 6.15. The molecule has 0 aliphatic heterocycles. The van der Waals surface area contributed by atoms with E-state index in [0.29, 0.717) is 6.54 Å². The van der Waals surface area contributed by atoms with Gasteiger partial charge in [-0.2, -0.15) is 0 Å². The van der Waals surface area contributed by atoms with Crippen LogP contribution >= 0.6 is 11.3 Å². The smallest absolute Gasteiger partial charge is 0.312 e. The summed E-state index contributed by atoms with van der Waals surface area (Å²) >= 11 is 1.47. The topological polar surface area (TPSA) is 93.4 Å². The average molecular weight is 333 g/mol. The third kappa shape index (κ3) is 5.30. The Labute approximate surface area is 138 Å². The molecule has 1 atom stereocenters. The maximum atomic E-state index is 12.1. The molecule has 122 valence electrons. The Morgan fingerprint density at radius 2 is 2.00 bits per heavy atom. The molecule has 0 unspecified atom stereocenters. The van der Waals surface area contributed by atoms with Gasteiger partial charge in [-0.15, -0.1) is 11.3 Å². The van der Waals surface area contributed by atoms with Gasteiger partial charge < -0.3 is 21.1 Å². The van der Waals surface area contributed by atoms with Crippen molar-refractivity contribution in [1.29, 1.82) is 0 Å². The highest BCUT2D eigenvalue weighted by Gasteiger charge is 2.18. The number of nitrogens with two attached hydrogens (primary N) is 1. The fourth-order valence-electron chi connectivity index (χ4n) is 2.09. The maximum absolute atomic E-state index is 12.1. The second-order valence-electron chi connectivity index (χ2n) is 4.91. The number of carbonyl (C=O) groups excluding carboxylic acids is 2. The predicted octanol–water partition coefficient (Wildman–Crippen LogP) is 2.17. The van der Waals surface area contributed by atoms with E-state index in [0.717, 1.165) is 16.2 Å². The van der Waals surface area contributed by atoms with E-state index < -0.39 is 12.1 Å². The van der Waals surface area contributed by atoms with Crippen LogP contribution < -0.4 is 21.1 Å². The second kappa shape index (κ2) is 8.19. The normalized spacial score (nSPS) is 11.5. The fraction of sp³-hybridized carbons (Fsp3) is 0.250. The highest BCUT2D eigenvalue weighted by molar-refractivity contribution is 7.10. The quantitative estimate of drug-likeness (QED) is 0.725. The molecule has 0 spiro atoms. The Balaban J connectivity index is 1.89. The van der Waals surface area contributed by atoms with E-state index >= 15 is 0 Å². The highest BCUT2D eigenvalue weighted by atomic mass is 32.1. The van der Waals surface area contributed by atoms with Gasteiger partial charge in [0.05, 0.1) is 19.6 Å². The third-order valence-electron chi connectivity index (χ3n) is 3.24. The van der Waals surface area contributed by atoms with Crippen LogP contribution in [0.25, 0.3) is 0 Å². The molecular weight excluding hydrogens is 314 g/mol. The van der Waals surface area contributed by atoms with E-state index in [9.17, 15) is 9.59 Å². The number of carbonyl (C=O) groups is 2. The summed E-state index contributed by atoms with van der Waals surface area (Å²) < 4.78 is 5.09. The van der Waals surface area contributed by atoms with E-state index in [4.69, 9.17) is 10.5 Å². The first kappa shape index (κ1) is 16.8. The van der Waals surface area contributed by atoms with Crippen LogP contribution in [0, 0.1) is 0 Å². The molecule has 7 heteroatoms. The number of primary amides is 1. The van der Waals surface area contributed by atoms with Gasteiger partial charge in [0.15, 0.2) is 0 Å². The Morgan fingerprint density at radius 3 is 2.57 bits per heavy atom. The minimum atomic E-state index is -0.647. The van der Waals surface area contributed by atoms with E-state index in [1.807, 2.05) is 41.8 Å². The summed E-state index contributed by atoms with van der Waals surface area (Å²) in [4.78, 5) is 24.1. The molecule has 0 saturated heterocycles. The zero-order valence-electron chi connectivity index (χ0n) is 12.7. The van der Waals surface area contributed by atoms with Gasteiger partial charge >= 0.3 is 6.03 Å². The van der Waals surface area contributed by atoms with Gasteiger partial charge in [0.1, 0.15) is 5.75 Å². The minimum absolute atomic E-state index is 0.139. The molecule has 1 heterocycles. The van der Waals surface area contributed by atoms with Crippen LogP contribution in [0.4, 0.5) is 4.79 Å². The van der Waals surface area contributed by atoms with Crippen LogP contribution in [0.5, 0.6) is 5.75 Å². The van der Waals surface area contributed by atoms with Crippen LogP contribution in [-0.4, -0.2) is 19.0 Å². The van der Waals surface area contributed by atoms with Crippen molar-refractivity contribution in [3.05, 3.63) is 52.2 Å². The van der Waals surface area contributed by atoms with Gasteiger partial charge in [0.25, 0.3) is 0 Å². The molecule has 2 rings (SSSR count). The fourth-order valence-corrected chi connectivity index (χ4v) is 2.86. The van der Waals surface area contributed by atoms with Crippen molar-refractivity contribution in [2.24, 2.45) is 5.73 Å². The molecule has 4 N–H and O–H groups in total. The highest BCUT2D eigenvalue weighted by Crippen LogP contribution is 2.22. The minimum Gasteiger partial charge on any atom is -0.497 e. The summed E-state index contributed by atoms with van der Waals surface area (Å²) in [6.45, 7) is 0.413. The lowest BCUT2D eigenvalue weighted by atomic mass is 10.1. The van der Waals surface area contributed by atoms with Gasteiger partial charge in [-0.3, -0.25) is 4.79 Å². The molecule has 6 nitrogen and oxygen atoms in total. The molecule has 0 radical (unpaired) electrons. The lowest BCUT2D eigenvalue weighted by Crippen LogP contribution is -2.36. The van der Waals surface area contributed by atoms with Crippen LogP contribution in [0.1, 0.15) is 22.9 Å². The maximum Gasteiger partial charge on any atom is 0.312 e. The molecule has 0 aliphatic carbocycles. The summed E-state index contributed by atoms with van der Waals surface area (Å²) in [6.07, 6.45) is 0.139. The Bertz CT molecular complexity index is 641. The first-order chi connectivity index (χ1) is 11.1. The third-order valence-corrected chi connectivity index (χ3v) is 4.23. The van der Waals surface area contributed by atoms with E-state index in [2.05, 4.69) is 10.6 Å². The largest absolute Gasteiger partial charge is 0.497 e. The van der Waals surface area contributed by atoms with Crippen LogP contribution in [0.3, 0.4) is 0 Å². The van der Waals surface area contributed by atoms with Crippen LogP contribution in [0.2, 0.25) is 0 Å². The molecule has 1 aromatic carbocycles. The number of urea groups is 1. The number of hydrogen-bond donors (Lipinski definition) is 3. The SMILES string of the molecule is COc1ccc(CNC(=O)C[C@H](NC(N)=O)c2cccs2)cc1. The molecular formula is C16H19N3O3S. The molecule has 1 aromatic heterocycles. The van der Waals surface area contributed by atoms with Crippen molar-refractivity contribution in [3.8, 4) is 5.75 Å². The van der Waals surface area contributed by atoms with Crippen molar-refractivity contribution >= 4 is 23.3 Å². The van der Waals surface area contributed by atoms with E-state index in [-0.39, 0.29) is 12.3 Å². The summed E-state index contributed by atoms with van der Waals surface area (Å²) in [5.74, 6) is 0.608. The van der Waals surface area contributed by atoms with Gasteiger partial charge in [-0.25, -0.2) is 4.79 Å². The van der Waals surface area contributed by atoms with Gasteiger partial charge in [0.2, 0.25) is 5.91 Å². The Morgan fingerprint density at radius 1 is 1.26 bits per heavy atom. The Hall–Kier alpha value is -2.54. The molecule has 23 heavy (non-hydrogen) atoms. The van der Waals surface area contributed by atoms with Crippen molar-refractivity contribution < 1.29 is 14.3 Å². The first-order valence-electron chi connectivity index (χ1n) is 7.07. The van der Waals surface area contributed by atoms with Crippen LogP contribution in [-0.2, 0) is 11.3 Å². The number of thiophene rings is 1. The zero-order valence-corrected chi connectivity index (χ0v) is 13.6. The number of hydrogen-bond acceptors (Lipinski definition) is 4. The number of nitrogens with one attached hydrogen (secondary N) is 2. The van der Waals surface area contributed by atoms with E-state index in [1.54, 1.807) is 7.11 Å². The van der Waals surface area contributed by atoms with Gasteiger partial charge in [0, 0.05) is 11.4 Å². The zero-order chi connectivity index (χ0) is 16.7. The average Bonchev–Trinajstić information content (AvgIpc) is 3.07. The monoisotopic (exact) mass is 333 g/mol. The second-order valence-corrected chi connectivity index (χ2v) is 5.88. The predicted molar refractivity (Wildman–Crippen MR) is 89.2 cm³/mol. The number of ether oxygens (including phenoxy) is 1. The van der Waals surface area contributed by atoms with Crippen molar-refractivity contribution in [2.75, 3.05) is 7.11 Å². The standard InChI is InChI=1S/C16H19N3O3S/c1-22-12-6-4-11(5-7-12)10-18-15(20)9-13(19-16(17)21)14-3-2-8-23-14/h2-8,13H,9-10H2,1H3,(H,18,20)(H3,17,19,21)/t13-/m0/s1. The summed E-state index contributed by atoms with van der Waals surface area (Å²) in [7, 11) is 1.60. The van der Waals surface area contributed by atoms with Crippen LogP contribution in [0.15, 0.2) is 41.8 Å². The molecule has 0 saturated carbocycles. The van der Waals surface area contributed by atoms with Crippen molar-refractivity contribution in [2.45, 2.75) is 19.0 Å². The molecule has 0 aliphatic rings. The van der Waals surface area contributed by atoms with Gasteiger partial charge in [-0.05, 0) is 29.1 Å². The summed E-state index contributed by atoms with van der Waals surface area (Å²) in [6, 6.07) is 10.1. The Kier molecular flexibility index (Phi) is 5.99. The molecule has 0 fully saturated rings. The lowest BCUT2D eigenvalue weighted by Gasteiger charge is -2.16. The molecule has 0 bridgehead atoms. The molecule has 2 aromatic rings. The van der Waals surface area contributed by atoms with Crippen molar-refractivity contribution in [1.82, 2.24) is 10.6 Å².